The van der Waals surface area contributed by atoms with E-state index in [1.165, 1.54) is 17.8 Å². The van der Waals surface area contributed by atoms with Gasteiger partial charge in [0.2, 0.25) is 5.91 Å². The lowest BCUT2D eigenvalue weighted by molar-refractivity contribution is -0.111. The van der Waals surface area contributed by atoms with E-state index in [9.17, 15) is 4.79 Å². The number of amides is 1. The molecule has 0 bridgehead atoms. The molecule has 0 saturated carbocycles. The van der Waals surface area contributed by atoms with E-state index >= 15 is 0 Å². The summed E-state index contributed by atoms with van der Waals surface area (Å²) in [5.74, 6) is -0.186. The van der Waals surface area contributed by atoms with Gasteiger partial charge in [-0.2, -0.15) is 0 Å². The molecule has 2 aromatic heterocycles. The van der Waals surface area contributed by atoms with Crippen molar-refractivity contribution in [3.05, 3.63) is 63.9 Å². The van der Waals surface area contributed by atoms with Crippen LogP contribution in [0.2, 0.25) is 0 Å². The molecule has 3 rings (SSSR count). The monoisotopic (exact) mass is 382 g/mol. The molecule has 0 saturated heterocycles. The number of carbonyl (C=O) groups excluding carboxylic acids is 1. The number of aromatic nitrogens is 3. The molecule has 7 heteroatoms. The van der Waals surface area contributed by atoms with Crippen LogP contribution < -0.4 is 5.32 Å². The summed E-state index contributed by atoms with van der Waals surface area (Å²) in [5, 5.41) is 6.46. The maximum Gasteiger partial charge on any atom is 0.248 e. The molecule has 0 aliphatic rings. The van der Waals surface area contributed by atoms with Crippen molar-refractivity contribution in [1.82, 2.24) is 15.0 Å². The van der Waals surface area contributed by atoms with Crippen LogP contribution in [0.15, 0.2) is 51.8 Å². The Morgan fingerprint density at radius 3 is 2.38 bits per heavy atom. The SMILES string of the molecule is Cc1cc(C)nc(Sc2ccc(NC(=O)/C=C/c3csc(C)n3)cc2)n1. The number of hydrogen-bond donors (Lipinski definition) is 1. The lowest BCUT2D eigenvalue weighted by atomic mass is 10.3. The van der Waals surface area contributed by atoms with E-state index < -0.39 is 0 Å². The molecular weight excluding hydrogens is 364 g/mol. The van der Waals surface area contributed by atoms with Gasteiger partial charge in [-0.05, 0) is 68.9 Å². The molecule has 0 aliphatic carbocycles. The summed E-state index contributed by atoms with van der Waals surface area (Å²) in [6.07, 6.45) is 3.20. The van der Waals surface area contributed by atoms with Crippen LogP contribution in [0.1, 0.15) is 22.1 Å². The van der Waals surface area contributed by atoms with Crippen LogP contribution in [0.3, 0.4) is 0 Å². The van der Waals surface area contributed by atoms with Crippen LogP contribution in [0, 0.1) is 20.8 Å². The molecule has 5 nitrogen and oxygen atoms in total. The number of carbonyl (C=O) groups is 1. The van der Waals surface area contributed by atoms with Gasteiger partial charge in [0.1, 0.15) is 0 Å². The Hall–Kier alpha value is -2.51. The van der Waals surface area contributed by atoms with Crippen LogP contribution in [-0.4, -0.2) is 20.9 Å². The summed E-state index contributed by atoms with van der Waals surface area (Å²) in [5.41, 5.74) is 3.43. The highest BCUT2D eigenvalue weighted by Gasteiger charge is 2.04. The van der Waals surface area contributed by atoms with Gasteiger partial charge in [0.05, 0.1) is 10.7 Å². The number of anilines is 1. The number of hydrogen-bond acceptors (Lipinski definition) is 6. The lowest BCUT2D eigenvalue weighted by Crippen LogP contribution is -2.07. The fourth-order valence-corrected chi connectivity index (χ4v) is 3.70. The molecule has 3 aromatic rings. The average Bonchev–Trinajstić information content (AvgIpc) is 2.99. The summed E-state index contributed by atoms with van der Waals surface area (Å²) in [6, 6.07) is 9.56. The Morgan fingerprint density at radius 2 is 1.77 bits per heavy atom. The minimum Gasteiger partial charge on any atom is -0.323 e. The Kier molecular flexibility index (Phi) is 5.80. The molecule has 132 valence electrons. The average molecular weight is 383 g/mol. The van der Waals surface area contributed by atoms with Gasteiger partial charge in [-0.3, -0.25) is 4.79 Å². The third-order valence-electron chi connectivity index (χ3n) is 3.34. The topological polar surface area (TPSA) is 67.8 Å². The molecule has 2 heterocycles. The first-order chi connectivity index (χ1) is 12.5. The van der Waals surface area contributed by atoms with Crippen molar-refractivity contribution in [3.63, 3.8) is 0 Å². The van der Waals surface area contributed by atoms with Gasteiger partial charge >= 0.3 is 0 Å². The number of benzene rings is 1. The van der Waals surface area contributed by atoms with Crippen molar-refractivity contribution in [3.8, 4) is 0 Å². The van der Waals surface area contributed by atoms with Crippen LogP contribution in [0.4, 0.5) is 5.69 Å². The normalized spacial score (nSPS) is 11.0. The molecular formula is C19H18N4OS2. The van der Waals surface area contributed by atoms with Gasteiger partial charge in [-0.25, -0.2) is 15.0 Å². The van der Waals surface area contributed by atoms with E-state index in [0.29, 0.717) is 0 Å². The number of nitrogens with one attached hydrogen (secondary N) is 1. The molecule has 0 spiro atoms. The van der Waals surface area contributed by atoms with Crippen molar-refractivity contribution in [2.45, 2.75) is 30.8 Å². The largest absolute Gasteiger partial charge is 0.323 e. The van der Waals surface area contributed by atoms with E-state index in [2.05, 4.69) is 20.3 Å². The zero-order valence-electron chi connectivity index (χ0n) is 14.7. The van der Waals surface area contributed by atoms with Crippen LogP contribution in [0.5, 0.6) is 0 Å². The summed E-state index contributed by atoms with van der Waals surface area (Å²) in [4.78, 5) is 26.1. The highest BCUT2D eigenvalue weighted by Crippen LogP contribution is 2.26. The van der Waals surface area contributed by atoms with Crippen molar-refractivity contribution in [2.75, 3.05) is 5.32 Å². The van der Waals surface area contributed by atoms with E-state index in [-0.39, 0.29) is 5.91 Å². The van der Waals surface area contributed by atoms with Gasteiger partial charge in [0.25, 0.3) is 0 Å². The Labute approximate surface area is 160 Å². The van der Waals surface area contributed by atoms with E-state index in [4.69, 9.17) is 0 Å². The Bertz CT molecular complexity index is 928. The van der Waals surface area contributed by atoms with Gasteiger partial charge < -0.3 is 5.32 Å². The fraction of sp³-hybridized carbons (Fsp3) is 0.158. The van der Waals surface area contributed by atoms with Crippen LogP contribution >= 0.6 is 23.1 Å². The van der Waals surface area contributed by atoms with Gasteiger partial charge in [0, 0.05) is 33.4 Å². The van der Waals surface area contributed by atoms with Crippen molar-refractivity contribution >= 4 is 40.8 Å². The molecule has 0 fully saturated rings. The van der Waals surface area contributed by atoms with Crippen LogP contribution in [-0.2, 0) is 4.79 Å². The minimum absolute atomic E-state index is 0.186. The summed E-state index contributed by atoms with van der Waals surface area (Å²) >= 11 is 3.05. The van der Waals surface area contributed by atoms with E-state index in [0.717, 1.165) is 37.8 Å². The van der Waals surface area contributed by atoms with E-state index in [1.807, 2.05) is 56.5 Å². The van der Waals surface area contributed by atoms with Crippen molar-refractivity contribution in [2.24, 2.45) is 0 Å². The van der Waals surface area contributed by atoms with Gasteiger partial charge in [0.15, 0.2) is 5.16 Å². The second kappa shape index (κ2) is 8.25. The quantitative estimate of drug-likeness (QED) is 0.513. The third kappa shape index (κ3) is 5.24. The highest BCUT2D eigenvalue weighted by atomic mass is 32.2. The molecule has 0 aliphatic heterocycles. The predicted octanol–water partition coefficient (Wildman–Crippen LogP) is 4.66. The fourth-order valence-electron chi connectivity index (χ4n) is 2.25. The number of aryl methyl sites for hydroxylation is 3. The summed E-state index contributed by atoms with van der Waals surface area (Å²) in [6.45, 7) is 5.85. The first kappa shape index (κ1) is 18.3. The lowest BCUT2D eigenvalue weighted by Gasteiger charge is -2.05. The van der Waals surface area contributed by atoms with Crippen molar-refractivity contribution < 1.29 is 4.79 Å². The molecule has 1 N–H and O–H groups in total. The Balaban J connectivity index is 1.60. The number of nitrogens with zero attached hydrogens (tertiary/aromatic N) is 3. The molecule has 1 aromatic carbocycles. The zero-order chi connectivity index (χ0) is 18.5. The first-order valence-electron chi connectivity index (χ1n) is 7.99. The van der Waals surface area contributed by atoms with Gasteiger partial charge in [-0.15, -0.1) is 11.3 Å². The standard InChI is InChI=1S/C19H18N4OS2/c1-12-10-13(2)21-19(20-12)26-17-7-4-15(5-8-17)23-18(24)9-6-16-11-25-14(3)22-16/h4-11H,1-3H3,(H,23,24)/b9-6+. The third-order valence-corrected chi connectivity index (χ3v) is 5.00. The highest BCUT2D eigenvalue weighted by molar-refractivity contribution is 7.99. The number of rotatable bonds is 5. The minimum atomic E-state index is -0.186. The smallest absolute Gasteiger partial charge is 0.248 e. The maximum atomic E-state index is 12.0. The molecule has 26 heavy (non-hydrogen) atoms. The molecule has 0 atom stereocenters. The molecule has 0 unspecified atom stereocenters. The summed E-state index contributed by atoms with van der Waals surface area (Å²) in [7, 11) is 0. The second-order valence-electron chi connectivity index (χ2n) is 5.67. The van der Waals surface area contributed by atoms with Crippen molar-refractivity contribution in [1.29, 1.82) is 0 Å². The Morgan fingerprint density at radius 1 is 1.08 bits per heavy atom. The molecule has 1 amide bonds. The number of thiazole rings is 1. The van der Waals surface area contributed by atoms with Gasteiger partial charge in [-0.1, -0.05) is 0 Å². The maximum absolute atomic E-state index is 12.0. The first-order valence-corrected chi connectivity index (χ1v) is 9.69. The van der Waals surface area contributed by atoms with E-state index in [1.54, 1.807) is 17.4 Å². The molecule has 0 radical (unpaired) electrons. The summed E-state index contributed by atoms with van der Waals surface area (Å²) < 4.78 is 0. The van der Waals surface area contributed by atoms with Crippen LogP contribution in [0.25, 0.3) is 6.08 Å². The predicted molar refractivity (Wildman–Crippen MR) is 107 cm³/mol. The second-order valence-corrected chi connectivity index (χ2v) is 7.78. The zero-order valence-corrected chi connectivity index (χ0v) is 16.3.